The summed E-state index contributed by atoms with van der Waals surface area (Å²) in [6.45, 7) is 3.48. The SMILES string of the molecule is CCNc1cncc(NCc2ccnc(OC)c2)n1. The number of hydrogen-bond acceptors (Lipinski definition) is 6. The lowest BCUT2D eigenvalue weighted by atomic mass is 10.2. The lowest BCUT2D eigenvalue weighted by Gasteiger charge is -2.08. The molecule has 2 heterocycles. The predicted molar refractivity (Wildman–Crippen MR) is 74.3 cm³/mol. The minimum atomic E-state index is 0.604. The third kappa shape index (κ3) is 3.80. The zero-order chi connectivity index (χ0) is 13.5. The minimum absolute atomic E-state index is 0.604. The highest BCUT2D eigenvalue weighted by atomic mass is 16.5. The fraction of sp³-hybridized carbons (Fsp3) is 0.308. The third-order valence-corrected chi connectivity index (χ3v) is 2.47. The quantitative estimate of drug-likeness (QED) is 0.826. The summed E-state index contributed by atoms with van der Waals surface area (Å²) in [5.41, 5.74) is 1.07. The first kappa shape index (κ1) is 13.1. The van der Waals surface area contributed by atoms with Crippen molar-refractivity contribution < 1.29 is 4.74 Å². The average molecular weight is 259 g/mol. The zero-order valence-corrected chi connectivity index (χ0v) is 11.1. The number of nitrogens with one attached hydrogen (secondary N) is 2. The zero-order valence-electron chi connectivity index (χ0n) is 11.1. The van der Waals surface area contributed by atoms with Crippen LogP contribution in [0, 0.1) is 0 Å². The molecule has 0 atom stereocenters. The molecular weight excluding hydrogens is 242 g/mol. The highest BCUT2D eigenvalue weighted by Crippen LogP contribution is 2.11. The van der Waals surface area contributed by atoms with E-state index in [1.165, 1.54) is 0 Å². The molecule has 2 aromatic heterocycles. The van der Waals surface area contributed by atoms with Crippen molar-refractivity contribution >= 4 is 11.6 Å². The van der Waals surface area contributed by atoms with Crippen LogP contribution in [0.3, 0.4) is 0 Å². The summed E-state index contributed by atoms with van der Waals surface area (Å²) in [5.74, 6) is 2.10. The van der Waals surface area contributed by atoms with Crippen LogP contribution in [-0.4, -0.2) is 28.6 Å². The average Bonchev–Trinajstić information content (AvgIpc) is 2.46. The van der Waals surface area contributed by atoms with Gasteiger partial charge in [-0.1, -0.05) is 0 Å². The summed E-state index contributed by atoms with van der Waals surface area (Å²) in [6, 6.07) is 3.81. The number of pyridine rings is 1. The molecule has 0 aliphatic carbocycles. The Morgan fingerprint density at radius 3 is 2.74 bits per heavy atom. The smallest absolute Gasteiger partial charge is 0.213 e. The second kappa shape index (κ2) is 6.53. The van der Waals surface area contributed by atoms with Crippen molar-refractivity contribution in [1.29, 1.82) is 0 Å². The summed E-state index contributed by atoms with van der Waals surface area (Å²) >= 11 is 0. The van der Waals surface area contributed by atoms with Crippen molar-refractivity contribution in [3.8, 4) is 5.88 Å². The van der Waals surface area contributed by atoms with Gasteiger partial charge in [0.05, 0.1) is 19.5 Å². The van der Waals surface area contributed by atoms with Gasteiger partial charge in [0.25, 0.3) is 0 Å². The second-order valence-electron chi connectivity index (χ2n) is 3.88. The van der Waals surface area contributed by atoms with E-state index in [0.717, 1.165) is 23.7 Å². The number of aromatic nitrogens is 3. The van der Waals surface area contributed by atoms with E-state index in [-0.39, 0.29) is 0 Å². The van der Waals surface area contributed by atoms with Gasteiger partial charge in [-0.05, 0) is 18.6 Å². The van der Waals surface area contributed by atoms with Gasteiger partial charge in [-0.25, -0.2) is 9.97 Å². The van der Waals surface area contributed by atoms with Crippen LogP contribution >= 0.6 is 0 Å². The fourth-order valence-corrected chi connectivity index (χ4v) is 1.58. The number of rotatable bonds is 6. The van der Waals surface area contributed by atoms with E-state index in [9.17, 15) is 0 Å². The van der Waals surface area contributed by atoms with Crippen molar-refractivity contribution in [2.75, 3.05) is 24.3 Å². The largest absolute Gasteiger partial charge is 0.481 e. The van der Waals surface area contributed by atoms with E-state index < -0.39 is 0 Å². The van der Waals surface area contributed by atoms with Crippen LogP contribution in [0.5, 0.6) is 5.88 Å². The molecule has 0 saturated heterocycles. The molecular formula is C13H17N5O. The molecule has 0 saturated carbocycles. The van der Waals surface area contributed by atoms with E-state index in [2.05, 4.69) is 25.6 Å². The minimum Gasteiger partial charge on any atom is -0.481 e. The Labute approximate surface area is 112 Å². The van der Waals surface area contributed by atoms with Gasteiger partial charge in [0.15, 0.2) is 0 Å². The van der Waals surface area contributed by atoms with Gasteiger partial charge >= 0.3 is 0 Å². The van der Waals surface area contributed by atoms with Crippen LogP contribution in [-0.2, 0) is 6.54 Å². The van der Waals surface area contributed by atoms with Crippen molar-refractivity contribution in [2.24, 2.45) is 0 Å². The Morgan fingerprint density at radius 2 is 2.00 bits per heavy atom. The first-order valence-corrected chi connectivity index (χ1v) is 6.10. The maximum absolute atomic E-state index is 5.08. The predicted octanol–water partition coefficient (Wildman–Crippen LogP) is 1.92. The number of methoxy groups -OCH3 is 1. The molecule has 6 heteroatoms. The highest BCUT2D eigenvalue weighted by Gasteiger charge is 2.00. The van der Waals surface area contributed by atoms with Crippen molar-refractivity contribution in [3.63, 3.8) is 0 Å². The summed E-state index contributed by atoms with van der Waals surface area (Å²) in [4.78, 5) is 12.6. The maximum atomic E-state index is 5.08. The first-order chi connectivity index (χ1) is 9.31. The van der Waals surface area contributed by atoms with Crippen LogP contribution < -0.4 is 15.4 Å². The summed E-state index contributed by atoms with van der Waals surface area (Å²) < 4.78 is 5.08. The molecule has 100 valence electrons. The standard InChI is InChI=1S/C13H17N5O/c1-3-15-11-8-14-9-12(18-11)17-7-10-4-5-16-13(6-10)19-2/h4-6,8-9H,3,7H2,1-2H3,(H2,15,17,18). The van der Waals surface area contributed by atoms with Gasteiger partial charge in [0.2, 0.25) is 5.88 Å². The molecule has 6 nitrogen and oxygen atoms in total. The lowest BCUT2D eigenvalue weighted by molar-refractivity contribution is 0.397. The maximum Gasteiger partial charge on any atom is 0.213 e. The lowest BCUT2D eigenvalue weighted by Crippen LogP contribution is -2.05. The third-order valence-electron chi connectivity index (χ3n) is 2.47. The number of nitrogens with zero attached hydrogens (tertiary/aromatic N) is 3. The molecule has 0 aromatic carbocycles. The number of ether oxygens (including phenoxy) is 1. The summed E-state index contributed by atoms with van der Waals surface area (Å²) in [5, 5.41) is 6.33. The molecule has 2 aromatic rings. The molecule has 0 aliphatic rings. The molecule has 0 fully saturated rings. The van der Waals surface area contributed by atoms with E-state index in [4.69, 9.17) is 4.74 Å². The van der Waals surface area contributed by atoms with Crippen molar-refractivity contribution in [2.45, 2.75) is 13.5 Å². The molecule has 19 heavy (non-hydrogen) atoms. The molecule has 0 spiro atoms. The normalized spacial score (nSPS) is 10.0. The highest BCUT2D eigenvalue weighted by molar-refractivity contribution is 5.42. The van der Waals surface area contributed by atoms with Gasteiger partial charge in [0, 0.05) is 25.4 Å². The number of hydrogen-bond donors (Lipinski definition) is 2. The van der Waals surface area contributed by atoms with Crippen LogP contribution in [0.15, 0.2) is 30.7 Å². The van der Waals surface area contributed by atoms with Gasteiger partial charge in [-0.3, -0.25) is 4.98 Å². The Bertz CT molecular complexity index is 532. The summed E-state index contributed by atoms with van der Waals surface area (Å²) in [6.07, 6.45) is 5.11. The number of anilines is 2. The van der Waals surface area contributed by atoms with E-state index in [1.807, 2.05) is 19.1 Å². The molecule has 0 amide bonds. The van der Waals surface area contributed by atoms with E-state index in [1.54, 1.807) is 25.7 Å². The molecule has 0 radical (unpaired) electrons. The molecule has 2 rings (SSSR count). The monoisotopic (exact) mass is 259 g/mol. The Hall–Kier alpha value is -2.37. The molecule has 0 aliphatic heterocycles. The van der Waals surface area contributed by atoms with Crippen molar-refractivity contribution in [1.82, 2.24) is 15.0 Å². The van der Waals surface area contributed by atoms with Gasteiger partial charge in [-0.2, -0.15) is 0 Å². The topological polar surface area (TPSA) is 72.0 Å². The second-order valence-corrected chi connectivity index (χ2v) is 3.88. The molecule has 0 unspecified atom stereocenters. The Kier molecular flexibility index (Phi) is 4.49. The van der Waals surface area contributed by atoms with Crippen molar-refractivity contribution in [3.05, 3.63) is 36.3 Å². The molecule has 0 bridgehead atoms. The van der Waals surface area contributed by atoms with Gasteiger partial charge in [0.1, 0.15) is 11.6 Å². The summed E-state index contributed by atoms with van der Waals surface area (Å²) in [7, 11) is 1.60. The van der Waals surface area contributed by atoms with Gasteiger partial charge in [-0.15, -0.1) is 0 Å². The Morgan fingerprint density at radius 1 is 1.21 bits per heavy atom. The van der Waals surface area contributed by atoms with Gasteiger partial charge < -0.3 is 15.4 Å². The van der Waals surface area contributed by atoms with Crippen LogP contribution in [0.25, 0.3) is 0 Å². The first-order valence-electron chi connectivity index (χ1n) is 6.10. The van der Waals surface area contributed by atoms with Crippen LogP contribution in [0.2, 0.25) is 0 Å². The fourth-order valence-electron chi connectivity index (χ4n) is 1.58. The van der Waals surface area contributed by atoms with E-state index in [0.29, 0.717) is 12.4 Å². The van der Waals surface area contributed by atoms with Crippen LogP contribution in [0.4, 0.5) is 11.6 Å². The molecule has 2 N–H and O–H groups in total. The van der Waals surface area contributed by atoms with E-state index >= 15 is 0 Å². The Balaban J connectivity index is 1.99. The van der Waals surface area contributed by atoms with Crippen LogP contribution in [0.1, 0.15) is 12.5 Å².